The van der Waals surface area contributed by atoms with Gasteiger partial charge in [-0.3, -0.25) is 0 Å². The molecule has 78 valence electrons. The van der Waals surface area contributed by atoms with Gasteiger partial charge in [-0.15, -0.1) is 0 Å². The van der Waals surface area contributed by atoms with E-state index in [0.717, 1.165) is 0 Å². The zero-order valence-corrected chi connectivity index (χ0v) is 9.79. The van der Waals surface area contributed by atoms with E-state index in [1.54, 1.807) is 0 Å². The molecule has 0 unspecified atom stereocenters. The Balaban J connectivity index is -0.0000000457. The van der Waals surface area contributed by atoms with Crippen molar-refractivity contribution in [2.24, 2.45) is 0 Å². The van der Waals surface area contributed by atoms with Gasteiger partial charge in [-0.25, -0.2) is 0 Å². The molecule has 0 aliphatic heterocycles. The molecule has 0 heterocycles. The van der Waals surface area contributed by atoms with Crippen molar-refractivity contribution in [3.05, 3.63) is 0 Å². The quantitative estimate of drug-likeness (QED) is 0.362. The van der Waals surface area contributed by atoms with E-state index in [-0.39, 0.29) is 26.5 Å². The molecular formula is H2O9P2W-6. The van der Waals surface area contributed by atoms with Crippen molar-refractivity contribution in [3.63, 3.8) is 0 Å². The van der Waals surface area contributed by atoms with Crippen LogP contribution in [0.4, 0.5) is 0 Å². The van der Waals surface area contributed by atoms with Crippen molar-refractivity contribution in [1.82, 2.24) is 0 Å². The molecule has 0 aromatic heterocycles. The average molecular weight is 392 g/mol. The molecule has 0 radical (unpaired) electrons. The standard InChI is InChI=1S/2H3O4P.H2O.W/c2*1-5(2,3)4;;/h2*(H3,1,2,3,4);1H2;/p-6. The summed E-state index contributed by atoms with van der Waals surface area (Å²) < 4.78 is 17.1. The molecule has 12 heavy (non-hydrogen) atoms. The summed E-state index contributed by atoms with van der Waals surface area (Å²) in [6.45, 7) is 0. The normalized spacial score (nSPS) is 9.83. The van der Waals surface area contributed by atoms with Crippen LogP contribution in [-0.4, -0.2) is 5.48 Å². The molecule has 0 fully saturated rings. The zero-order chi connectivity index (χ0) is 9.00. The Bertz CT molecular complexity index is 125. The number of hydrogen-bond acceptors (Lipinski definition) is 8. The Labute approximate surface area is 81.1 Å². The predicted molar refractivity (Wildman–Crippen MR) is 18.8 cm³/mol. The van der Waals surface area contributed by atoms with Gasteiger partial charge < -0.3 is 44.0 Å². The first-order valence-corrected chi connectivity index (χ1v) is 4.38. The zero-order valence-electron chi connectivity index (χ0n) is 5.07. The number of hydrogen-bond donors (Lipinski definition) is 0. The first-order chi connectivity index (χ1) is 4.00. The molecule has 0 aromatic rings. The monoisotopic (exact) mass is 392 g/mol. The van der Waals surface area contributed by atoms with Crippen LogP contribution in [0.25, 0.3) is 0 Å². The summed E-state index contributed by atoms with van der Waals surface area (Å²) in [6.07, 6.45) is 0. The van der Waals surface area contributed by atoms with Crippen LogP contribution in [0.2, 0.25) is 0 Å². The fourth-order valence-electron chi connectivity index (χ4n) is 0. The van der Waals surface area contributed by atoms with Gasteiger partial charge in [-0.05, 0) is 0 Å². The van der Waals surface area contributed by atoms with E-state index in [4.69, 9.17) is 38.5 Å². The maximum absolute atomic E-state index is 8.55. The van der Waals surface area contributed by atoms with Gasteiger partial charge in [0.05, 0.1) is 0 Å². The van der Waals surface area contributed by atoms with Crippen LogP contribution in [0, 0.1) is 0 Å². The Kier molecular flexibility index (Phi) is 16.3. The second-order valence-corrected chi connectivity index (χ2v) is 2.68. The fourth-order valence-corrected chi connectivity index (χ4v) is 0. The second kappa shape index (κ2) is 8.47. The van der Waals surface area contributed by atoms with Gasteiger partial charge in [-0.1, -0.05) is 0 Å². The van der Waals surface area contributed by atoms with Crippen molar-refractivity contribution in [2.75, 3.05) is 0 Å². The molecule has 12 heteroatoms. The molecule has 0 saturated carbocycles. The number of rotatable bonds is 0. The van der Waals surface area contributed by atoms with E-state index >= 15 is 0 Å². The summed E-state index contributed by atoms with van der Waals surface area (Å²) in [5, 5.41) is 0. The van der Waals surface area contributed by atoms with Crippen LogP contribution >= 0.6 is 15.6 Å². The topological polar surface area (TPSA) is 204 Å². The molecule has 0 aliphatic rings. The van der Waals surface area contributed by atoms with Crippen LogP contribution in [0.5, 0.6) is 0 Å². The van der Waals surface area contributed by atoms with Crippen molar-refractivity contribution in [3.8, 4) is 0 Å². The minimum atomic E-state index is -5.39. The number of phosphoric acid groups is 2. The summed E-state index contributed by atoms with van der Waals surface area (Å²) in [4.78, 5) is 51.3. The van der Waals surface area contributed by atoms with Gasteiger partial charge >= 0.3 is 0 Å². The van der Waals surface area contributed by atoms with Crippen LogP contribution < -0.4 is 29.4 Å². The predicted octanol–water partition coefficient (Wildman–Crippen LogP) is -6.48. The van der Waals surface area contributed by atoms with Gasteiger partial charge in [-0.2, -0.15) is 15.6 Å². The van der Waals surface area contributed by atoms with Gasteiger partial charge in [0, 0.05) is 21.1 Å². The fraction of sp³-hybridized carbons (Fsp3) is 0. The van der Waals surface area contributed by atoms with Crippen LogP contribution in [-0.2, 0) is 30.2 Å². The third kappa shape index (κ3) is 1400. The van der Waals surface area contributed by atoms with E-state index < -0.39 is 15.6 Å². The Morgan fingerprint density at radius 1 is 0.667 bits per heavy atom. The van der Waals surface area contributed by atoms with E-state index in [1.807, 2.05) is 0 Å². The first kappa shape index (κ1) is 23.0. The SMILES string of the molecule is O.O=P([O-])([O-])[O-].O=P([O-])([O-])[O-].[W]. The average Bonchev–Trinajstić information content (AvgIpc) is 1.12. The van der Waals surface area contributed by atoms with Crippen molar-refractivity contribution in [2.45, 2.75) is 0 Å². The molecular weight excluding hydrogens is 390 g/mol. The van der Waals surface area contributed by atoms with Gasteiger partial charge in [0.15, 0.2) is 0 Å². The largest absolute Gasteiger partial charge is 0.822 e. The maximum atomic E-state index is 8.55. The maximum Gasteiger partial charge on any atom is 0 e. The third-order valence-corrected chi connectivity index (χ3v) is 0. The molecule has 2 N–H and O–H groups in total. The summed E-state index contributed by atoms with van der Waals surface area (Å²) in [6, 6.07) is 0. The minimum absolute atomic E-state index is 0. The Morgan fingerprint density at radius 2 is 0.667 bits per heavy atom. The van der Waals surface area contributed by atoms with E-state index in [1.165, 1.54) is 0 Å². The van der Waals surface area contributed by atoms with E-state index in [9.17, 15) is 0 Å². The van der Waals surface area contributed by atoms with E-state index in [0.29, 0.717) is 0 Å². The van der Waals surface area contributed by atoms with Crippen LogP contribution in [0.3, 0.4) is 0 Å². The molecule has 0 aliphatic carbocycles. The van der Waals surface area contributed by atoms with E-state index in [2.05, 4.69) is 0 Å². The minimum Gasteiger partial charge on any atom is -0.822 e. The Morgan fingerprint density at radius 3 is 0.667 bits per heavy atom. The molecule has 0 amide bonds. The second-order valence-electron chi connectivity index (χ2n) is 0.894. The molecule has 0 atom stereocenters. The molecule has 9 nitrogen and oxygen atoms in total. The summed E-state index contributed by atoms with van der Waals surface area (Å²) in [7, 11) is -10.8. The van der Waals surface area contributed by atoms with Gasteiger partial charge in [0.25, 0.3) is 0 Å². The van der Waals surface area contributed by atoms with Crippen LogP contribution in [0.15, 0.2) is 0 Å². The molecule has 0 aromatic carbocycles. The Hall–Kier alpha value is 0.868. The summed E-state index contributed by atoms with van der Waals surface area (Å²) >= 11 is 0. The van der Waals surface area contributed by atoms with Crippen molar-refractivity contribution >= 4 is 15.6 Å². The van der Waals surface area contributed by atoms with Gasteiger partial charge in [0.2, 0.25) is 0 Å². The smallest absolute Gasteiger partial charge is 0 e. The van der Waals surface area contributed by atoms with Crippen molar-refractivity contribution in [1.29, 1.82) is 0 Å². The molecule has 0 bridgehead atoms. The third-order valence-electron chi connectivity index (χ3n) is 0. The molecule has 0 saturated heterocycles. The first-order valence-electron chi connectivity index (χ1n) is 1.46. The molecule has 0 spiro atoms. The summed E-state index contributed by atoms with van der Waals surface area (Å²) in [5.41, 5.74) is 0. The van der Waals surface area contributed by atoms with Crippen molar-refractivity contribution < 1.29 is 65.0 Å². The van der Waals surface area contributed by atoms with Gasteiger partial charge in [0.1, 0.15) is 0 Å². The summed E-state index contributed by atoms with van der Waals surface area (Å²) in [5.74, 6) is 0. The van der Waals surface area contributed by atoms with Crippen LogP contribution in [0.1, 0.15) is 0 Å². The molecule has 0 rings (SSSR count).